The average molecular weight is 491 g/mol. The molecule has 0 N–H and O–H groups in total. The number of carbonyl (C=O) groups is 3. The van der Waals surface area contributed by atoms with Crippen molar-refractivity contribution < 1.29 is 28.6 Å². The van der Waals surface area contributed by atoms with E-state index in [0.717, 1.165) is 25.7 Å². The van der Waals surface area contributed by atoms with Crippen LogP contribution in [0, 0.1) is 0 Å². The third-order valence-corrected chi connectivity index (χ3v) is 5.36. The predicted octanol–water partition coefficient (Wildman–Crippen LogP) is 7.46. The molecule has 35 heavy (non-hydrogen) atoms. The molecule has 0 amide bonds. The summed E-state index contributed by atoms with van der Waals surface area (Å²) in [6, 6.07) is 6.74. The average Bonchev–Trinajstić information content (AvgIpc) is 2.87. The van der Waals surface area contributed by atoms with E-state index in [0.29, 0.717) is 29.9 Å². The second-order valence-electron chi connectivity index (χ2n) is 8.62. The molecular weight excluding hydrogens is 444 g/mol. The van der Waals surface area contributed by atoms with E-state index in [1.807, 2.05) is 0 Å². The molecule has 198 valence electrons. The van der Waals surface area contributed by atoms with Crippen molar-refractivity contribution in [3.8, 4) is 0 Å². The molecular formula is C29H46O6. The van der Waals surface area contributed by atoms with Gasteiger partial charge >= 0.3 is 17.9 Å². The summed E-state index contributed by atoms with van der Waals surface area (Å²) in [5.74, 6) is -1.23. The summed E-state index contributed by atoms with van der Waals surface area (Å²) >= 11 is 0. The molecule has 0 saturated carbocycles. The van der Waals surface area contributed by atoms with Gasteiger partial charge in [0.15, 0.2) is 0 Å². The standard InChI is InChI=1S/C24H38O4.C5H8O2/c1-3-5-7-9-11-15-19-27-23(25)21-17-13-14-18-22(21)24(26)28-20-16-12-10-8-6-4-2;1-4(2)5(6)7-3/h13-14,17-18H,3-12,15-16,19-20H2,1-2H3;1H2,2-3H3. The monoisotopic (exact) mass is 490 g/mol. The summed E-state index contributed by atoms with van der Waals surface area (Å²) in [6.45, 7) is 10.1. The van der Waals surface area contributed by atoms with Gasteiger partial charge in [-0.2, -0.15) is 0 Å². The van der Waals surface area contributed by atoms with E-state index in [1.54, 1.807) is 31.2 Å². The molecule has 0 aliphatic heterocycles. The van der Waals surface area contributed by atoms with Crippen LogP contribution < -0.4 is 0 Å². The van der Waals surface area contributed by atoms with E-state index < -0.39 is 11.9 Å². The van der Waals surface area contributed by atoms with E-state index in [9.17, 15) is 14.4 Å². The first-order chi connectivity index (χ1) is 16.9. The Hall–Kier alpha value is -2.63. The van der Waals surface area contributed by atoms with Gasteiger partial charge in [-0.25, -0.2) is 14.4 Å². The number of ether oxygens (including phenoxy) is 3. The molecule has 0 aromatic heterocycles. The van der Waals surface area contributed by atoms with Gasteiger partial charge in [-0.1, -0.05) is 96.8 Å². The van der Waals surface area contributed by atoms with Crippen LogP contribution >= 0.6 is 0 Å². The lowest BCUT2D eigenvalue weighted by Gasteiger charge is -2.10. The molecule has 1 aromatic rings. The predicted molar refractivity (Wildman–Crippen MR) is 141 cm³/mol. The quantitative estimate of drug-likeness (QED) is 0.0976. The normalized spacial score (nSPS) is 10.1. The van der Waals surface area contributed by atoms with Gasteiger partial charge in [0.25, 0.3) is 0 Å². The Morgan fingerprint density at radius 1 is 0.686 bits per heavy atom. The summed E-state index contributed by atoms with van der Waals surface area (Å²) < 4.78 is 15.0. The van der Waals surface area contributed by atoms with Crippen molar-refractivity contribution >= 4 is 17.9 Å². The molecule has 6 heteroatoms. The number of carbonyl (C=O) groups excluding carboxylic acids is 3. The van der Waals surface area contributed by atoms with Gasteiger partial charge in [0, 0.05) is 5.57 Å². The van der Waals surface area contributed by atoms with Crippen molar-refractivity contribution in [2.24, 2.45) is 0 Å². The Morgan fingerprint density at radius 3 is 1.37 bits per heavy atom. The summed E-state index contributed by atoms with van der Waals surface area (Å²) in [5, 5.41) is 0. The molecule has 0 aliphatic rings. The van der Waals surface area contributed by atoms with Crippen LogP contribution in [0.2, 0.25) is 0 Å². The number of hydrogen-bond acceptors (Lipinski definition) is 6. The van der Waals surface area contributed by atoms with Gasteiger partial charge in [-0.3, -0.25) is 0 Å². The molecule has 0 spiro atoms. The third-order valence-electron chi connectivity index (χ3n) is 5.36. The third kappa shape index (κ3) is 16.6. The number of methoxy groups -OCH3 is 1. The minimum absolute atomic E-state index is 0.293. The number of benzene rings is 1. The Morgan fingerprint density at radius 2 is 1.06 bits per heavy atom. The van der Waals surface area contributed by atoms with Crippen molar-refractivity contribution in [2.75, 3.05) is 20.3 Å². The first-order valence-electron chi connectivity index (χ1n) is 13.1. The summed E-state index contributed by atoms with van der Waals surface area (Å²) in [7, 11) is 1.33. The molecule has 1 aromatic carbocycles. The van der Waals surface area contributed by atoms with Crippen molar-refractivity contribution in [2.45, 2.75) is 97.8 Å². The minimum atomic E-state index is -0.444. The molecule has 0 fully saturated rings. The number of esters is 3. The minimum Gasteiger partial charge on any atom is -0.466 e. The van der Waals surface area contributed by atoms with Crippen molar-refractivity contribution in [1.29, 1.82) is 0 Å². The van der Waals surface area contributed by atoms with Gasteiger partial charge < -0.3 is 14.2 Å². The lowest BCUT2D eigenvalue weighted by molar-refractivity contribution is -0.136. The highest BCUT2D eigenvalue weighted by atomic mass is 16.5. The van der Waals surface area contributed by atoms with Crippen LogP contribution in [0.1, 0.15) is 119 Å². The van der Waals surface area contributed by atoms with E-state index in [4.69, 9.17) is 9.47 Å². The molecule has 0 heterocycles. The Balaban J connectivity index is 0.00000143. The van der Waals surface area contributed by atoms with Crippen LogP contribution in [0.3, 0.4) is 0 Å². The van der Waals surface area contributed by atoms with E-state index in [1.165, 1.54) is 58.5 Å². The van der Waals surface area contributed by atoms with Crippen LogP contribution in [-0.2, 0) is 19.0 Å². The van der Waals surface area contributed by atoms with Crippen molar-refractivity contribution in [3.05, 3.63) is 47.5 Å². The van der Waals surface area contributed by atoms with Crippen LogP contribution in [0.5, 0.6) is 0 Å². The zero-order chi connectivity index (χ0) is 26.3. The molecule has 0 saturated heterocycles. The topological polar surface area (TPSA) is 78.9 Å². The fourth-order valence-electron chi connectivity index (χ4n) is 3.26. The zero-order valence-corrected chi connectivity index (χ0v) is 22.4. The number of unbranched alkanes of at least 4 members (excludes halogenated alkanes) is 10. The fraction of sp³-hybridized carbons (Fsp3) is 0.621. The second-order valence-corrected chi connectivity index (χ2v) is 8.62. The van der Waals surface area contributed by atoms with Crippen molar-refractivity contribution in [1.82, 2.24) is 0 Å². The summed E-state index contributed by atoms with van der Waals surface area (Å²) in [5.41, 5.74) is 1.02. The maximum Gasteiger partial charge on any atom is 0.339 e. The number of hydrogen-bond donors (Lipinski definition) is 0. The second kappa shape index (κ2) is 21.9. The molecule has 0 atom stereocenters. The molecule has 0 aliphatic carbocycles. The fourth-order valence-corrected chi connectivity index (χ4v) is 3.26. The Labute approximate surface area is 212 Å². The van der Waals surface area contributed by atoms with E-state index >= 15 is 0 Å². The maximum atomic E-state index is 12.4. The zero-order valence-electron chi connectivity index (χ0n) is 22.4. The molecule has 0 bridgehead atoms. The van der Waals surface area contributed by atoms with Crippen molar-refractivity contribution in [3.63, 3.8) is 0 Å². The molecule has 0 radical (unpaired) electrons. The highest BCUT2D eigenvalue weighted by Crippen LogP contribution is 2.14. The van der Waals surface area contributed by atoms with Crippen LogP contribution in [0.15, 0.2) is 36.4 Å². The van der Waals surface area contributed by atoms with Gasteiger partial charge in [0.05, 0.1) is 31.5 Å². The van der Waals surface area contributed by atoms with Crippen LogP contribution in [0.25, 0.3) is 0 Å². The molecule has 6 nitrogen and oxygen atoms in total. The highest BCUT2D eigenvalue weighted by Gasteiger charge is 2.18. The van der Waals surface area contributed by atoms with Gasteiger partial charge in [-0.15, -0.1) is 0 Å². The van der Waals surface area contributed by atoms with Gasteiger partial charge in [0.1, 0.15) is 0 Å². The smallest absolute Gasteiger partial charge is 0.339 e. The van der Waals surface area contributed by atoms with E-state index in [2.05, 4.69) is 25.2 Å². The lowest BCUT2D eigenvalue weighted by Crippen LogP contribution is -2.15. The summed E-state index contributed by atoms with van der Waals surface area (Å²) in [4.78, 5) is 34.9. The van der Waals surface area contributed by atoms with Gasteiger partial charge in [-0.05, 0) is 31.9 Å². The number of rotatable bonds is 17. The molecule has 1 rings (SSSR count). The Bertz CT molecular complexity index is 691. The lowest BCUT2D eigenvalue weighted by atomic mass is 10.1. The molecule has 0 unspecified atom stereocenters. The van der Waals surface area contributed by atoms with E-state index in [-0.39, 0.29) is 5.97 Å². The van der Waals surface area contributed by atoms with Gasteiger partial charge in [0.2, 0.25) is 0 Å². The first-order valence-corrected chi connectivity index (χ1v) is 13.1. The maximum absolute atomic E-state index is 12.4. The van der Waals surface area contributed by atoms with Crippen LogP contribution in [-0.4, -0.2) is 38.2 Å². The highest BCUT2D eigenvalue weighted by molar-refractivity contribution is 6.03. The Kier molecular flexibility index (Phi) is 20.2. The largest absolute Gasteiger partial charge is 0.466 e. The van der Waals surface area contributed by atoms with Crippen LogP contribution in [0.4, 0.5) is 0 Å². The summed E-state index contributed by atoms with van der Waals surface area (Å²) in [6.07, 6.45) is 13.6. The SMILES string of the molecule is C=C(C)C(=O)OC.CCCCCCCCOC(=O)c1ccccc1C(=O)OCCCCCCCC. The first kappa shape index (κ1) is 32.4.